The van der Waals surface area contributed by atoms with E-state index in [1.54, 1.807) is 0 Å². The van der Waals surface area contributed by atoms with Gasteiger partial charge in [-0.05, 0) is 12.8 Å². The standard InChI is InChI=1S/C11H20O4.2Li/c1-3-5-7-11(9(12)13,10(14)15)8-6-4-2;;/h3-8H2,1-2H3,(H,12,13)(H,14,15);;/q;2*+1/p-2. The minimum absolute atomic E-state index is 0. The number of carbonyl (C=O) groups excluding carboxylic acids is 2. The Morgan fingerprint density at radius 1 is 0.882 bits per heavy atom. The van der Waals surface area contributed by atoms with Gasteiger partial charge in [0.05, 0.1) is 11.9 Å². The molecular weight excluding hydrogens is 210 g/mol. The van der Waals surface area contributed by atoms with Crippen LogP contribution in [0.4, 0.5) is 0 Å². The van der Waals surface area contributed by atoms with E-state index in [0.29, 0.717) is 12.8 Å². The zero-order valence-electron chi connectivity index (χ0n) is 11.4. The summed E-state index contributed by atoms with van der Waals surface area (Å²) in [5.41, 5.74) is -1.79. The monoisotopic (exact) mass is 228 g/mol. The summed E-state index contributed by atoms with van der Waals surface area (Å²) >= 11 is 0. The van der Waals surface area contributed by atoms with Crippen LogP contribution < -0.4 is 47.9 Å². The summed E-state index contributed by atoms with van der Waals surface area (Å²) in [5, 5.41) is 21.9. The van der Waals surface area contributed by atoms with E-state index >= 15 is 0 Å². The molecule has 0 aromatic heterocycles. The number of carbonyl (C=O) groups is 2. The Morgan fingerprint density at radius 2 is 1.18 bits per heavy atom. The fourth-order valence-corrected chi connectivity index (χ4v) is 1.57. The maximum atomic E-state index is 10.9. The van der Waals surface area contributed by atoms with Crippen LogP contribution in [-0.2, 0) is 9.59 Å². The van der Waals surface area contributed by atoms with Gasteiger partial charge in [-0.15, -0.1) is 0 Å². The van der Waals surface area contributed by atoms with Crippen LogP contribution in [0.15, 0.2) is 0 Å². The van der Waals surface area contributed by atoms with Crippen molar-refractivity contribution in [2.45, 2.75) is 52.4 Å². The van der Waals surface area contributed by atoms with Gasteiger partial charge < -0.3 is 19.8 Å². The molecule has 88 valence electrons. The first-order chi connectivity index (χ1) is 7.01. The molecule has 0 radical (unpaired) electrons. The van der Waals surface area contributed by atoms with E-state index in [1.807, 2.05) is 13.8 Å². The SMILES string of the molecule is CCCCC(CCCC)(C(=O)[O-])C(=O)[O-].[Li+].[Li+]. The smallest absolute Gasteiger partial charge is 0.549 e. The van der Waals surface area contributed by atoms with Crippen molar-refractivity contribution in [3.63, 3.8) is 0 Å². The molecule has 4 nitrogen and oxygen atoms in total. The number of carboxylic acids is 2. The van der Waals surface area contributed by atoms with Crippen LogP contribution in [0.3, 0.4) is 0 Å². The van der Waals surface area contributed by atoms with Crippen LogP contribution in [0.1, 0.15) is 52.4 Å². The molecule has 0 saturated carbocycles. The molecular formula is C11H18Li2O4. The number of unbranched alkanes of at least 4 members (excludes halogenated alkanes) is 2. The van der Waals surface area contributed by atoms with Crippen molar-refractivity contribution in [3.8, 4) is 0 Å². The fraction of sp³-hybridized carbons (Fsp3) is 0.818. The van der Waals surface area contributed by atoms with Crippen molar-refractivity contribution in [2.24, 2.45) is 5.41 Å². The Morgan fingerprint density at radius 3 is 1.35 bits per heavy atom. The maximum Gasteiger partial charge on any atom is 1.00 e. The zero-order chi connectivity index (χ0) is 11.9. The minimum Gasteiger partial charge on any atom is -0.549 e. The molecule has 0 spiro atoms. The van der Waals surface area contributed by atoms with Gasteiger partial charge in [-0.2, -0.15) is 0 Å². The Hall–Kier alpha value is 0.135. The van der Waals surface area contributed by atoms with E-state index in [2.05, 4.69) is 0 Å². The Balaban J connectivity index is -0.000000980. The Kier molecular flexibility index (Phi) is 14.8. The van der Waals surface area contributed by atoms with E-state index < -0.39 is 17.4 Å². The van der Waals surface area contributed by atoms with Crippen molar-refractivity contribution in [3.05, 3.63) is 0 Å². The van der Waals surface area contributed by atoms with Crippen molar-refractivity contribution in [1.29, 1.82) is 0 Å². The summed E-state index contributed by atoms with van der Waals surface area (Å²) in [6.45, 7) is 3.77. The second kappa shape index (κ2) is 11.2. The third kappa shape index (κ3) is 6.58. The molecule has 0 unspecified atom stereocenters. The van der Waals surface area contributed by atoms with Gasteiger partial charge in [0.2, 0.25) is 0 Å². The molecule has 0 rings (SSSR count). The second-order valence-electron chi connectivity index (χ2n) is 3.86. The van der Waals surface area contributed by atoms with E-state index in [9.17, 15) is 19.8 Å². The van der Waals surface area contributed by atoms with Gasteiger partial charge in [0.15, 0.2) is 0 Å². The number of carboxylic acid groups (broad SMARTS) is 2. The van der Waals surface area contributed by atoms with Gasteiger partial charge in [0.25, 0.3) is 0 Å². The van der Waals surface area contributed by atoms with E-state index in [-0.39, 0.29) is 50.6 Å². The topological polar surface area (TPSA) is 80.3 Å². The van der Waals surface area contributed by atoms with Crippen LogP contribution in [0, 0.1) is 5.41 Å². The van der Waals surface area contributed by atoms with Crippen LogP contribution >= 0.6 is 0 Å². The third-order valence-corrected chi connectivity index (χ3v) is 2.70. The Labute approximate surface area is 127 Å². The summed E-state index contributed by atoms with van der Waals surface area (Å²) in [6.07, 6.45) is 2.85. The molecule has 0 fully saturated rings. The van der Waals surface area contributed by atoms with Crippen molar-refractivity contribution >= 4 is 11.9 Å². The predicted molar refractivity (Wildman–Crippen MR) is 51.5 cm³/mol. The van der Waals surface area contributed by atoms with Crippen LogP contribution in [-0.4, -0.2) is 11.9 Å². The summed E-state index contributed by atoms with van der Waals surface area (Å²) in [4.78, 5) is 21.9. The molecule has 0 aliphatic rings. The quantitative estimate of drug-likeness (QED) is 0.306. The zero-order valence-corrected chi connectivity index (χ0v) is 11.4. The maximum absolute atomic E-state index is 10.9. The van der Waals surface area contributed by atoms with Crippen LogP contribution in [0.25, 0.3) is 0 Å². The Bertz CT molecular complexity index is 208. The van der Waals surface area contributed by atoms with Gasteiger partial charge >= 0.3 is 37.7 Å². The van der Waals surface area contributed by atoms with Crippen LogP contribution in [0.5, 0.6) is 0 Å². The fourth-order valence-electron chi connectivity index (χ4n) is 1.57. The average Bonchev–Trinajstić information content (AvgIpc) is 2.17. The molecule has 0 saturated heterocycles. The molecule has 0 bridgehead atoms. The number of hydrogen-bond donors (Lipinski definition) is 0. The van der Waals surface area contributed by atoms with Crippen molar-refractivity contribution in [1.82, 2.24) is 0 Å². The molecule has 0 aliphatic heterocycles. The molecule has 0 aromatic carbocycles. The predicted octanol–water partition coefficient (Wildman–Crippen LogP) is -6.14. The summed E-state index contributed by atoms with van der Waals surface area (Å²) in [7, 11) is 0. The minimum atomic E-state index is -1.79. The molecule has 0 amide bonds. The first-order valence-corrected chi connectivity index (χ1v) is 5.44. The number of hydrogen-bond acceptors (Lipinski definition) is 4. The molecule has 0 heterocycles. The van der Waals surface area contributed by atoms with E-state index in [4.69, 9.17) is 0 Å². The van der Waals surface area contributed by atoms with E-state index in [1.165, 1.54) is 0 Å². The molecule has 6 heteroatoms. The third-order valence-electron chi connectivity index (χ3n) is 2.70. The normalized spacial score (nSPS) is 10.0. The second-order valence-corrected chi connectivity index (χ2v) is 3.86. The summed E-state index contributed by atoms with van der Waals surface area (Å²) in [6, 6.07) is 0. The van der Waals surface area contributed by atoms with Gasteiger partial charge in [0, 0.05) is 5.41 Å². The molecule has 0 aromatic rings. The summed E-state index contributed by atoms with van der Waals surface area (Å²) in [5.74, 6) is -3.02. The van der Waals surface area contributed by atoms with Gasteiger partial charge in [-0.1, -0.05) is 39.5 Å². The number of aliphatic carboxylic acids is 2. The van der Waals surface area contributed by atoms with E-state index in [0.717, 1.165) is 12.8 Å². The van der Waals surface area contributed by atoms with Crippen molar-refractivity contribution < 1.29 is 57.5 Å². The summed E-state index contributed by atoms with van der Waals surface area (Å²) < 4.78 is 0. The molecule has 0 N–H and O–H groups in total. The van der Waals surface area contributed by atoms with Crippen molar-refractivity contribution in [2.75, 3.05) is 0 Å². The first-order valence-electron chi connectivity index (χ1n) is 5.44. The van der Waals surface area contributed by atoms with Gasteiger partial charge in [-0.25, -0.2) is 0 Å². The number of rotatable bonds is 8. The largest absolute Gasteiger partial charge is 1.00 e. The first kappa shape index (κ1) is 22.3. The molecule has 0 atom stereocenters. The van der Waals surface area contributed by atoms with Gasteiger partial charge in [-0.3, -0.25) is 0 Å². The average molecular weight is 228 g/mol. The molecule has 17 heavy (non-hydrogen) atoms. The van der Waals surface area contributed by atoms with Crippen LogP contribution in [0.2, 0.25) is 0 Å². The molecule has 0 aliphatic carbocycles. The van der Waals surface area contributed by atoms with Gasteiger partial charge in [0.1, 0.15) is 0 Å².